The molecule has 0 heterocycles. The lowest BCUT2D eigenvalue weighted by Crippen LogP contribution is -2.23. The maximum atomic E-state index is 11.0. The summed E-state index contributed by atoms with van der Waals surface area (Å²) in [5.74, 6) is 0.709. The third-order valence-electron chi connectivity index (χ3n) is 3.44. The van der Waals surface area contributed by atoms with Gasteiger partial charge in [0.15, 0.2) is 5.75 Å². The van der Waals surface area contributed by atoms with Crippen LogP contribution in [-0.2, 0) is 6.54 Å². The minimum atomic E-state index is -0.437. The number of hydrogen-bond acceptors (Lipinski definition) is 5. The van der Waals surface area contributed by atoms with Crippen LogP contribution in [0.1, 0.15) is 31.7 Å². The summed E-state index contributed by atoms with van der Waals surface area (Å²) in [6.45, 7) is 3.68. The summed E-state index contributed by atoms with van der Waals surface area (Å²) in [5, 5.41) is 23.3. The van der Waals surface area contributed by atoms with Crippen molar-refractivity contribution in [1.82, 2.24) is 5.32 Å². The predicted octanol–water partition coefficient (Wildman–Crippen LogP) is 2.49. The number of rotatable bonds is 10. The van der Waals surface area contributed by atoms with E-state index < -0.39 is 4.92 Å². The molecule has 0 aliphatic rings. The average Bonchev–Trinajstić information content (AvgIpc) is 2.47. The van der Waals surface area contributed by atoms with Gasteiger partial charge in [-0.25, -0.2) is 0 Å². The summed E-state index contributed by atoms with van der Waals surface area (Å²) in [6, 6.07) is 4.97. The first-order valence-electron chi connectivity index (χ1n) is 7.25. The van der Waals surface area contributed by atoms with Crippen molar-refractivity contribution < 1.29 is 14.8 Å². The SMILES string of the molecule is CCCC(CCO)CNCc1ccc(OC)c([N+](=O)[O-])c1. The third kappa shape index (κ3) is 5.69. The Labute approximate surface area is 125 Å². The number of nitrogens with one attached hydrogen (secondary N) is 1. The number of nitro benzene ring substituents is 1. The number of methoxy groups -OCH3 is 1. The molecule has 0 fully saturated rings. The van der Waals surface area contributed by atoms with Crippen LogP contribution in [0.4, 0.5) is 5.69 Å². The zero-order valence-corrected chi connectivity index (χ0v) is 12.7. The number of ether oxygens (including phenoxy) is 1. The molecule has 0 aliphatic heterocycles. The molecule has 6 nitrogen and oxygen atoms in total. The molecule has 118 valence electrons. The lowest BCUT2D eigenvalue weighted by molar-refractivity contribution is -0.385. The maximum absolute atomic E-state index is 11.0. The summed E-state index contributed by atoms with van der Waals surface area (Å²) >= 11 is 0. The highest BCUT2D eigenvalue weighted by Gasteiger charge is 2.15. The van der Waals surface area contributed by atoms with E-state index in [1.807, 2.05) is 6.07 Å². The van der Waals surface area contributed by atoms with Gasteiger partial charge in [0.1, 0.15) is 0 Å². The average molecular weight is 296 g/mol. The molecule has 0 saturated heterocycles. The molecule has 0 bridgehead atoms. The van der Waals surface area contributed by atoms with Crippen LogP contribution in [-0.4, -0.2) is 30.3 Å². The van der Waals surface area contributed by atoms with E-state index in [1.54, 1.807) is 6.07 Å². The summed E-state index contributed by atoms with van der Waals surface area (Å²) in [7, 11) is 1.42. The van der Waals surface area contributed by atoms with Crippen molar-refractivity contribution in [2.75, 3.05) is 20.3 Å². The molecule has 0 spiro atoms. The Hall–Kier alpha value is -1.66. The number of nitrogens with zero attached hydrogens (tertiary/aromatic N) is 1. The van der Waals surface area contributed by atoms with Gasteiger partial charge in [0.05, 0.1) is 12.0 Å². The number of hydrogen-bond donors (Lipinski definition) is 2. The highest BCUT2D eigenvalue weighted by atomic mass is 16.6. The Kier molecular flexibility index (Phi) is 7.71. The summed E-state index contributed by atoms with van der Waals surface area (Å²) in [5.41, 5.74) is 0.832. The predicted molar refractivity (Wildman–Crippen MR) is 81.5 cm³/mol. The van der Waals surface area contributed by atoms with Crippen molar-refractivity contribution >= 4 is 5.69 Å². The molecule has 21 heavy (non-hydrogen) atoms. The first-order valence-corrected chi connectivity index (χ1v) is 7.25. The van der Waals surface area contributed by atoms with Crippen molar-refractivity contribution in [3.05, 3.63) is 33.9 Å². The molecule has 0 aliphatic carbocycles. The monoisotopic (exact) mass is 296 g/mol. The van der Waals surface area contributed by atoms with E-state index in [-0.39, 0.29) is 18.0 Å². The minimum absolute atomic E-state index is 0.0164. The quantitative estimate of drug-likeness (QED) is 0.512. The van der Waals surface area contributed by atoms with Gasteiger partial charge >= 0.3 is 5.69 Å². The van der Waals surface area contributed by atoms with Crippen LogP contribution in [0, 0.1) is 16.0 Å². The molecular formula is C15H24N2O4. The first-order chi connectivity index (χ1) is 10.1. The molecule has 0 radical (unpaired) electrons. The van der Waals surface area contributed by atoms with Crippen LogP contribution in [0.5, 0.6) is 5.75 Å². The summed E-state index contributed by atoms with van der Waals surface area (Å²) < 4.78 is 4.98. The third-order valence-corrected chi connectivity index (χ3v) is 3.44. The Morgan fingerprint density at radius 3 is 2.76 bits per heavy atom. The number of aliphatic hydroxyl groups excluding tert-OH is 1. The van der Waals surface area contributed by atoms with Crippen LogP contribution in [0.15, 0.2) is 18.2 Å². The van der Waals surface area contributed by atoms with Gasteiger partial charge in [0.25, 0.3) is 0 Å². The fourth-order valence-electron chi connectivity index (χ4n) is 2.35. The van der Waals surface area contributed by atoms with Crippen molar-refractivity contribution in [1.29, 1.82) is 0 Å². The van der Waals surface area contributed by atoms with E-state index in [4.69, 9.17) is 9.84 Å². The van der Waals surface area contributed by atoms with Crippen LogP contribution in [0.2, 0.25) is 0 Å². The fraction of sp³-hybridized carbons (Fsp3) is 0.600. The standard InChI is InChI=1S/C15H24N2O4/c1-3-4-12(7-8-18)10-16-11-13-5-6-15(21-2)14(9-13)17(19)20/h5-6,9,12,16,18H,3-4,7-8,10-11H2,1-2H3. The lowest BCUT2D eigenvalue weighted by atomic mass is 10.00. The zero-order valence-electron chi connectivity index (χ0n) is 12.7. The molecule has 1 atom stereocenters. The second-order valence-electron chi connectivity index (χ2n) is 5.06. The van der Waals surface area contributed by atoms with Gasteiger partial charge in [0, 0.05) is 19.2 Å². The molecule has 0 amide bonds. The van der Waals surface area contributed by atoms with Crippen LogP contribution in [0.25, 0.3) is 0 Å². The Balaban J connectivity index is 2.59. The van der Waals surface area contributed by atoms with E-state index in [0.717, 1.165) is 31.4 Å². The summed E-state index contributed by atoms with van der Waals surface area (Å²) in [4.78, 5) is 10.5. The fourth-order valence-corrected chi connectivity index (χ4v) is 2.35. The highest BCUT2D eigenvalue weighted by molar-refractivity contribution is 5.48. The topological polar surface area (TPSA) is 84.6 Å². The minimum Gasteiger partial charge on any atom is -0.490 e. The van der Waals surface area contributed by atoms with Gasteiger partial charge in [-0.1, -0.05) is 19.4 Å². The molecule has 1 unspecified atom stereocenters. The second kappa shape index (κ2) is 9.31. The maximum Gasteiger partial charge on any atom is 0.311 e. The van der Waals surface area contributed by atoms with E-state index in [1.165, 1.54) is 13.2 Å². The highest BCUT2D eigenvalue weighted by Crippen LogP contribution is 2.27. The van der Waals surface area contributed by atoms with Gasteiger partial charge in [-0.3, -0.25) is 10.1 Å². The molecule has 2 N–H and O–H groups in total. The van der Waals surface area contributed by atoms with Crippen molar-refractivity contribution in [2.24, 2.45) is 5.92 Å². The Morgan fingerprint density at radius 1 is 1.43 bits per heavy atom. The molecule has 1 aromatic rings. The normalized spacial score (nSPS) is 12.1. The van der Waals surface area contributed by atoms with Gasteiger partial charge in [0.2, 0.25) is 0 Å². The van der Waals surface area contributed by atoms with Crippen molar-refractivity contribution in [2.45, 2.75) is 32.7 Å². The van der Waals surface area contributed by atoms with E-state index in [0.29, 0.717) is 12.5 Å². The Bertz CT molecular complexity index is 445. The second-order valence-corrected chi connectivity index (χ2v) is 5.06. The van der Waals surface area contributed by atoms with Crippen molar-refractivity contribution in [3.63, 3.8) is 0 Å². The number of benzene rings is 1. The van der Waals surface area contributed by atoms with Gasteiger partial charge in [-0.05, 0) is 36.9 Å². The summed E-state index contributed by atoms with van der Waals surface area (Å²) in [6.07, 6.45) is 2.93. The first kappa shape index (κ1) is 17.4. The van der Waals surface area contributed by atoms with Gasteiger partial charge in [-0.15, -0.1) is 0 Å². The van der Waals surface area contributed by atoms with Crippen LogP contribution >= 0.6 is 0 Å². The largest absolute Gasteiger partial charge is 0.490 e. The van der Waals surface area contributed by atoms with Gasteiger partial charge in [-0.2, -0.15) is 0 Å². The van der Waals surface area contributed by atoms with Gasteiger partial charge < -0.3 is 15.2 Å². The lowest BCUT2D eigenvalue weighted by Gasteiger charge is -2.15. The Morgan fingerprint density at radius 2 is 2.19 bits per heavy atom. The van der Waals surface area contributed by atoms with Crippen molar-refractivity contribution in [3.8, 4) is 5.75 Å². The van der Waals surface area contributed by atoms with E-state index in [2.05, 4.69) is 12.2 Å². The zero-order chi connectivity index (χ0) is 15.7. The molecule has 6 heteroatoms. The molecular weight excluding hydrogens is 272 g/mol. The molecule has 1 rings (SSSR count). The molecule has 0 aromatic heterocycles. The molecule has 0 saturated carbocycles. The smallest absolute Gasteiger partial charge is 0.311 e. The number of aliphatic hydroxyl groups is 1. The van der Waals surface area contributed by atoms with E-state index in [9.17, 15) is 10.1 Å². The van der Waals surface area contributed by atoms with Crippen LogP contribution in [0.3, 0.4) is 0 Å². The van der Waals surface area contributed by atoms with Crippen LogP contribution < -0.4 is 10.1 Å². The molecule has 1 aromatic carbocycles. The van der Waals surface area contributed by atoms with E-state index >= 15 is 0 Å². The number of nitro groups is 1.